The Bertz CT molecular complexity index is 668. The maximum atomic E-state index is 11.4. The first-order chi connectivity index (χ1) is 12.1. The Morgan fingerprint density at radius 1 is 0.880 bits per heavy atom. The zero-order valence-electron chi connectivity index (χ0n) is 14.2. The second-order valence-electron chi connectivity index (χ2n) is 5.52. The molecule has 0 N–H and O–H groups in total. The minimum absolute atomic E-state index is 0.0775. The molecular weight excluding hydrogens is 484 g/mol. The standard InChI is InChI=1S/C11H8O2.C8H16O2.2Mo/c12-11(13)10-7-3-5-8-4-1-2-6-9(8)10;1-2-3-4-5-6-7-8(9)10;;/h1-7H,(H,12,13);2-7H2,1H3,(H,9,10);;/q;;2*+1/p-2. The van der Waals surface area contributed by atoms with Crippen molar-refractivity contribution in [3.05, 3.63) is 48.0 Å². The van der Waals surface area contributed by atoms with Gasteiger partial charge in [-0.25, -0.2) is 0 Å². The fourth-order valence-electron chi connectivity index (χ4n) is 2.36. The molecule has 2 aromatic rings. The third kappa shape index (κ3) is 8.29. The van der Waals surface area contributed by atoms with E-state index in [-0.39, 0.29) is 11.9 Å². The van der Waals surface area contributed by atoms with Crippen LogP contribution in [-0.4, -0.2) is 11.9 Å². The first kappa shape index (κ1) is 22.1. The van der Waals surface area contributed by atoms with Gasteiger partial charge >= 0.3 is 173 Å². The summed E-state index contributed by atoms with van der Waals surface area (Å²) in [5.74, 6) is -0.363. The molecule has 0 unspecified atom stereocenters. The molecule has 0 radical (unpaired) electrons. The normalized spacial score (nSPS) is 9.80. The first-order valence-electron chi connectivity index (χ1n) is 8.28. The molecule has 0 amide bonds. The van der Waals surface area contributed by atoms with Crippen LogP contribution in [0.5, 0.6) is 0 Å². The Balaban J connectivity index is 0.000000260. The molecule has 6 heteroatoms. The van der Waals surface area contributed by atoms with Gasteiger partial charge in [-0.1, -0.05) is 0 Å². The van der Waals surface area contributed by atoms with E-state index < -0.39 is 0 Å². The van der Waals surface area contributed by atoms with E-state index in [1.807, 2.05) is 36.4 Å². The molecule has 0 aromatic heterocycles. The molecule has 0 fully saturated rings. The molecule has 0 aliphatic heterocycles. The van der Waals surface area contributed by atoms with Crippen molar-refractivity contribution in [2.24, 2.45) is 0 Å². The fourth-order valence-corrected chi connectivity index (χ4v) is 2.79. The molecule has 0 spiro atoms. The molecule has 0 atom stereocenters. The summed E-state index contributed by atoms with van der Waals surface area (Å²) in [5, 5.41) is 1.99. The molecule has 0 heterocycles. The number of rotatable bonds is 7. The van der Waals surface area contributed by atoms with Crippen molar-refractivity contribution in [1.29, 1.82) is 0 Å². The number of carbonyl (C=O) groups is 2. The van der Waals surface area contributed by atoms with Crippen LogP contribution in [0.2, 0.25) is 0 Å². The van der Waals surface area contributed by atoms with Gasteiger partial charge in [0.2, 0.25) is 0 Å². The monoisotopic (exact) mass is 510 g/mol. The third-order valence-electron chi connectivity index (χ3n) is 3.66. The second kappa shape index (κ2) is 13.3. The fraction of sp³-hybridized carbons (Fsp3) is 0.368. The summed E-state index contributed by atoms with van der Waals surface area (Å²) in [6, 6.07) is 13.4. The van der Waals surface area contributed by atoms with Crippen LogP contribution in [0.3, 0.4) is 0 Å². The van der Waals surface area contributed by atoms with E-state index in [2.05, 4.69) is 10.3 Å². The molecule has 0 aliphatic carbocycles. The van der Waals surface area contributed by atoms with Crippen LogP contribution in [0.15, 0.2) is 42.5 Å². The Kier molecular flexibility index (Phi) is 11.7. The number of carbonyl (C=O) groups excluding carboxylic acids is 2. The SMILES string of the molecule is CCCCCCCC(=O)[O][Mo].O=C([O][Mo])c1cccc2ccccc12. The van der Waals surface area contributed by atoms with Crippen LogP contribution in [0, 0.1) is 0 Å². The summed E-state index contributed by atoms with van der Waals surface area (Å²) in [5.41, 5.74) is 0.619. The van der Waals surface area contributed by atoms with Crippen molar-refractivity contribution in [3.63, 3.8) is 0 Å². The summed E-state index contributed by atoms with van der Waals surface area (Å²) < 4.78 is 9.24. The van der Waals surface area contributed by atoms with Gasteiger partial charge in [0.15, 0.2) is 0 Å². The van der Waals surface area contributed by atoms with E-state index in [1.165, 1.54) is 59.7 Å². The molecule has 2 aromatic carbocycles. The number of unbranched alkanes of at least 4 members (excludes halogenated alkanes) is 4. The summed E-state index contributed by atoms with van der Waals surface area (Å²) in [4.78, 5) is 22.0. The predicted molar refractivity (Wildman–Crippen MR) is 88.8 cm³/mol. The van der Waals surface area contributed by atoms with Crippen molar-refractivity contribution in [3.8, 4) is 0 Å². The zero-order chi connectivity index (χ0) is 18.5. The average molecular weight is 506 g/mol. The van der Waals surface area contributed by atoms with E-state index in [1.54, 1.807) is 6.07 Å². The van der Waals surface area contributed by atoms with Gasteiger partial charge in [-0.15, -0.1) is 0 Å². The molecule has 134 valence electrons. The third-order valence-corrected chi connectivity index (χ3v) is 4.49. The van der Waals surface area contributed by atoms with Crippen molar-refractivity contribution in [2.75, 3.05) is 0 Å². The van der Waals surface area contributed by atoms with Gasteiger partial charge in [0.05, 0.1) is 0 Å². The summed E-state index contributed by atoms with van der Waals surface area (Å²) in [6.45, 7) is 2.18. The van der Waals surface area contributed by atoms with Gasteiger partial charge < -0.3 is 0 Å². The van der Waals surface area contributed by atoms with Crippen LogP contribution in [0.25, 0.3) is 10.8 Å². The van der Waals surface area contributed by atoms with Crippen LogP contribution < -0.4 is 0 Å². The number of benzene rings is 2. The first-order valence-corrected chi connectivity index (χ1v) is 9.92. The Morgan fingerprint density at radius 3 is 2.24 bits per heavy atom. The van der Waals surface area contributed by atoms with Gasteiger partial charge in [0, 0.05) is 0 Å². The number of fused-ring (bicyclic) bond motifs is 1. The van der Waals surface area contributed by atoms with Gasteiger partial charge in [-0.2, -0.15) is 0 Å². The predicted octanol–water partition coefficient (Wildman–Crippen LogP) is 4.81. The van der Waals surface area contributed by atoms with Crippen LogP contribution in [0.1, 0.15) is 55.8 Å². The van der Waals surface area contributed by atoms with Gasteiger partial charge in [-0.05, 0) is 0 Å². The van der Waals surface area contributed by atoms with E-state index >= 15 is 0 Å². The molecule has 4 nitrogen and oxygen atoms in total. The summed E-state index contributed by atoms with van der Waals surface area (Å²) >= 11 is 2.70. The average Bonchev–Trinajstić information content (AvgIpc) is 2.67. The van der Waals surface area contributed by atoms with Crippen molar-refractivity contribution in [2.45, 2.75) is 45.4 Å². The van der Waals surface area contributed by atoms with Gasteiger partial charge in [-0.3, -0.25) is 0 Å². The maximum absolute atomic E-state index is 11.4. The molecule has 0 saturated heterocycles. The Hall–Kier alpha value is -0.983. The molecule has 0 bridgehead atoms. The van der Waals surface area contributed by atoms with Crippen LogP contribution in [-0.2, 0) is 52.0 Å². The molecule has 0 saturated carbocycles. The minimum atomic E-state index is -0.286. The Labute approximate surface area is 172 Å². The summed E-state index contributed by atoms with van der Waals surface area (Å²) in [7, 11) is 0. The van der Waals surface area contributed by atoms with Crippen molar-refractivity contribution >= 4 is 22.7 Å². The number of hydrogen-bond donors (Lipinski definition) is 0. The van der Waals surface area contributed by atoms with E-state index in [0.29, 0.717) is 12.0 Å². The van der Waals surface area contributed by atoms with Crippen molar-refractivity contribution in [1.82, 2.24) is 0 Å². The van der Waals surface area contributed by atoms with Crippen LogP contribution >= 0.6 is 0 Å². The molecule has 0 aliphatic rings. The molecule has 2 rings (SSSR count). The molecular formula is C19H22Mo2O4. The van der Waals surface area contributed by atoms with Gasteiger partial charge in [0.25, 0.3) is 0 Å². The second-order valence-corrected chi connectivity index (χ2v) is 6.34. The van der Waals surface area contributed by atoms with Crippen LogP contribution in [0.4, 0.5) is 0 Å². The number of hydrogen-bond acceptors (Lipinski definition) is 4. The molecule has 25 heavy (non-hydrogen) atoms. The zero-order valence-corrected chi connectivity index (χ0v) is 18.2. The van der Waals surface area contributed by atoms with E-state index in [9.17, 15) is 9.59 Å². The van der Waals surface area contributed by atoms with Gasteiger partial charge in [0.1, 0.15) is 0 Å². The quantitative estimate of drug-likeness (QED) is 0.400. The van der Waals surface area contributed by atoms with E-state index in [0.717, 1.165) is 23.6 Å². The topological polar surface area (TPSA) is 52.6 Å². The van der Waals surface area contributed by atoms with Crippen molar-refractivity contribution < 1.29 is 56.8 Å². The summed E-state index contributed by atoms with van der Waals surface area (Å²) in [6.07, 6.45) is 6.50. The Morgan fingerprint density at radius 2 is 1.56 bits per heavy atom. The van der Waals surface area contributed by atoms with E-state index in [4.69, 9.17) is 3.39 Å².